The van der Waals surface area contributed by atoms with Gasteiger partial charge in [0.05, 0.1) is 11.7 Å². The van der Waals surface area contributed by atoms with Gasteiger partial charge in [0.15, 0.2) is 0 Å². The molecule has 344 valence electrons. The Bertz CT molecular complexity index is 3550. The second kappa shape index (κ2) is 20.1. The first-order valence-electron chi connectivity index (χ1n) is 24.8. The fraction of sp³-hybridized carbons (Fsp3) is 0.0441. The number of amidine groups is 1. The fourth-order valence-corrected chi connectivity index (χ4v) is 10.3. The molecule has 2 aliphatic heterocycles. The van der Waals surface area contributed by atoms with Crippen molar-refractivity contribution in [2.75, 3.05) is 0 Å². The van der Waals surface area contributed by atoms with Gasteiger partial charge < -0.3 is 10.6 Å². The first-order valence-corrected chi connectivity index (χ1v) is 24.8. The van der Waals surface area contributed by atoms with Gasteiger partial charge in [-0.3, -0.25) is 5.32 Å². The minimum atomic E-state index is -0.286. The highest BCUT2D eigenvalue weighted by Gasteiger charge is 2.33. The van der Waals surface area contributed by atoms with Crippen molar-refractivity contribution in [3.8, 4) is 33.4 Å². The predicted molar refractivity (Wildman–Crippen MR) is 299 cm³/mol. The number of dihydropyridines is 1. The van der Waals surface area contributed by atoms with Crippen LogP contribution in [0.4, 0.5) is 0 Å². The van der Waals surface area contributed by atoms with E-state index in [-0.39, 0.29) is 18.4 Å². The molecule has 4 heteroatoms. The van der Waals surface area contributed by atoms with Crippen LogP contribution < -0.4 is 16.0 Å². The van der Waals surface area contributed by atoms with Crippen LogP contribution in [0.25, 0.3) is 55.8 Å². The van der Waals surface area contributed by atoms with Crippen LogP contribution in [0, 0.1) is 0 Å². The van der Waals surface area contributed by atoms with Crippen LogP contribution in [0.2, 0.25) is 0 Å². The number of hydrogen-bond donors (Lipinski definition) is 3. The molecule has 0 fully saturated rings. The zero-order valence-corrected chi connectivity index (χ0v) is 39.7. The van der Waals surface area contributed by atoms with Crippen molar-refractivity contribution in [1.29, 1.82) is 0 Å². The van der Waals surface area contributed by atoms with E-state index in [1.807, 2.05) is 0 Å². The molecule has 0 aliphatic carbocycles. The molecular formula is C68H52N4. The van der Waals surface area contributed by atoms with Crippen molar-refractivity contribution in [1.82, 2.24) is 16.0 Å². The fourth-order valence-electron chi connectivity index (χ4n) is 10.3. The average molecular weight is 925 g/mol. The summed E-state index contributed by atoms with van der Waals surface area (Å²) in [5.41, 5.74) is 20.8. The lowest BCUT2D eigenvalue weighted by molar-refractivity contribution is 0.409. The van der Waals surface area contributed by atoms with Crippen LogP contribution in [0.3, 0.4) is 0 Å². The molecule has 3 atom stereocenters. The minimum absolute atomic E-state index is 0.105. The number of nitrogens with zero attached hydrogens (tertiary/aromatic N) is 1. The predicted octanol–water partition coefficient (Wildman–Crippen LogP) is 15.8. The third kappa shape index (κ3) is 9.11. The van der Waals surface area contributed by atoms with E-state index in [4.69, 9.17) is 4.99 Å². The molecular weight excluding hydrogens is 873 g/mol. The van der Waals surface area contributed by atoms with Gasteiger partial charge in [0.2, 0.25) is 0 Å². The molecule has 72 heavy (non-hydrogen) atoms. The van der Waals surface area contributed by atoms with Crippen LogP contribution in [-0.4, -0.2) is 5.84 Å². The van der Waals surface area contributed by atoms with Gasteiger partial charge in [-0.15, -0.1) is 0 Å². The molecule has 0 aromatic heterocycles. The molecule has 3 unspecified atom stereocenters. The lowest BCUT2D eigenvalue weighted by atomic mass is 9.77. The van der Waals surface area contributed by atoms with Gasteiger partial charge in [0.25, 0.3) is 0 Å². The molecule has 2 heterocycles. The van der Waals surface area contributed by atoms with Crippen molar-refractivity contribution in [2.24, 2.45) is 4.99 Å². The van der Waals surface area contributed by atoms with Crippen LogP contribution in [0.5, 0.6) is 0 Å². The van der Waals surface area contributed by atoms with Crippen molar-refractivity contribution >= 4 is 28.3 Å². The molecule has 12 rings (SSSR count). The van der Waals surface area contributed by atoms with Gasteiger partial charge in [0, 0.05) is 11.1 Å². The van der Waals surface area contributed by atoms with E-state index in [1.54, 1.807) is 0 Å². The summed E-state index contributed by atoms with van der Waals surface area (Å²) < 4.78 is 0. The number of allylic oxidation sites excluding steroid dienone is 2. The number of hydrogen-bond acceptors (Lipinski definition) is 4. The van der Waals surface area contributed by atoms with E-state index in [1.165, 1.54) is 39.0 Å². The average Bonchev–Trinajstić information content (AvgIpc) is 3.48. The largest absolute Gasteiger partial charge is 0.373 e. The van der Waals surface area contributed by atoms with Crippen molar-refractivity contribution < 1.29 is 0 Å². The molecule has 10 aromatic rings. The van der Waals surface area contributed by atoms with Crippen molar-refractivity contribution in [3.63, 3.8) is 0 Å². The summed E-state index contributed by atoms with van der Waals surface area (Å²) >= 11 is 0. The lowest BCUT2D eigenvalue weighted by Gasteiger charge is -2.36. The van der Waals surface area contributed by atoms with Gasteiger partial charge in [-0.1, -0.05) is 267 Å². The van der Waals surface area contributed by atoms with E-state index >= 15 is 0 Å². The zero-order valence-electron chi connectivity index (χ0n) is 39.7. The molecule has 2 aliphatic rings. The van der Waals surface area contributed by atoms with Gasteiger partial charge in [-0.2, -0.15) is 0 Å². The number of aliphatic imine (C=N–C) groups is 1. The van der Waals surface area contributed by atoms with E-state index in [0.29, 0.717) is 0 Å². The molecule has 3 N–H and O–H groups in total. The Balaban J connectivity index is 0.915. The Hall–Kier alpha value is -9.09. The van der Waals surface area contributed by atoms with Crippen LogP contribution >= 0.6 is 0 Å². The highest BCUT2D eigenvalue weighted by Crippen LogP contribution is 2.50. The lowest BCUT2D eigenvalue weighted by Crippen LogP contribution is -2.45. The third-order valence-electron chi connectivity index (χ3n) is 13.9. The summed E-state index contributed by atoms with van der Waals surface area (Å²) in [5, 5.41) is 11.8. The zero-order chi connectivity index (χ0) is 48.1. The molecule has 0 spiro atoms. The molecule has 0 saturated heterocycles. The SMILES string of the molecule is c1ccc(C2=C(c3ccccc3)C(c3ccc(-c4ccc(C5NC(c6cccc(-c7ccccc7)c6)=NC(c6cccc(-c7ccccc7)c6)N5)cc4)cc3)=C(c3ccccc3)C(c3ccccc3)N2)cc1. The standard InChI is InChI=1S/C68H52N4/c1-7-21-47(22-8-1)57-33-19-35-59(45-57)67-70-66(71-68(72-67)60-36-20-34-58(46-60)48-23-9-2-10-24-48)56-43-39-50(40-44-56)49-37-41-53(42-38-49)61-62(51-25-11-3-12-26-51)64(54-29-15-5-16-30-54)69-65(55-31-17-6-18-32-55)63(61)52-27-13-4-14-28-52/h1-46,64,66-67,69-70H,(H,71,72). The Kier molecular flexibility index (Phi) is 12.3. The molecule has 0 amide bonds. The number of benzene rings is 10. The molecule has 0 radical (unpaired) electrons. The topological polar surface area (TPSA) is 48.5 Å². The van der Waals surface area contributed by atoms with Crippen LogP contribution in [0.1, 0.15) is 62.9 Å². The Morgan fingerprint density at radius 2 is 0.694 bits per heavy atom. The molecule has 4 nitrogen and oxygen atoms in total. The number of nitrogens with one attached hydrogen (secondary N) is 3. The van der Waals surface area contributed by atoms with Gasteiger partial charge in [-0.25, -0.2) is 4.99 Å². The van der Waals surface area contributed by atoms with Crippen molar-refractivity contribution in [3.05, 3.63) is 324 Å². The second-order valence-electron chi connectivity index (χ2n) is 18.4. The summed E-state index contributed by atoms with van der Waals surface area (Å²) in [5.74, 6) is 0.849. The first kappa shape index (κ1) is 44.1. The van der Waals surface area contributed by atoms with Crippen molar-refractivity contribution in [2.45, 2.75) is 18.4 Å². The monoisotopic (exact) mass is 924 g/mol. The quantitative estimate of drug-likeness (QED) is 0.121. The van der Waals surface area contributed by atoms with Gasteiger partial charge >= 0.3 is 0 Å². The molecule has 10 aromatic carbocycles. The van der Waals surface area contributed by atoms with Crippen LogP contribution in [0.15, 0.2) is 284 Å². The Morgan fingerprint density at radius 3 is 1.29 bits per heavy atom. The summed E-state index contributed by atoms with van der Waals surface area (Å²) in [4.78, 5) is 5.36. The number of rotatable bonds is 11. The van der Waals surface area contributed by atoms with E-state index < -0.39 is 0 Å². The first-order chi connectivity index (χ1) is 35.7. The summed E-state index contributed by atoms with van der Waals surface area (Å²) in [6, 6.07) is 99.9. The summed E-state index contributed by atoms with van der Waals surface area (Å²) in [6.07, 6.45) is -0.492. The highest BCUT2D eigenvalue weighted by atomic mass is 15.3. The van der Waals surface area contributed by atoms with Crippen LogP contribution in [-0.2, 0) is 0 Å². The maximum absolute atomic E-state index is 5.36. The van der Waals surface area contributed by atoms with E-state index in [9.17, 15) is 0 Å². The molecule has 0 bridgehead atoms. The van der Waals surface area contributed by atoms with E-state index in [0.717, 1.165) is 67.2 Å². The summed E-state index contributed by atoms with van der Waals surface area (Å²) in [7, 11) is 0. The minimum Gasteiger partial charge on any atom is -0.373 e. The maximum Gasteiger partial charge on any atom is 0.131 e. The smallest absolute Gasteiger partial charge is 0.131 e. The third-order valence-corrected chi connectivity index (χ3v) is 13.9. The second-order valence-corrected chi connectivity index (χ2v) is 18.4. The normalized spacial score (nSPS) is 16.6. The van der Waals surface area contributed by atoms with Gasteiger partial charge in [-0.05, 0) is 95.6 Å². The van der Waals surface area contributed by atoms with Gasteiger partial charge in [0.1, 0.15) is 18.2 Å². The van der Waals surface area contributed by atoms with E-state index in [2.05, 4.69) is 295 Å². The summed E-state index contributed by atoms with van der Waals surface area (Å²) in [6.45, 7) is 0. The Morgan fingerprint density at radius 1 is 0.278 bits per heavy atom. The highest BCUT2D eigenvalue weighted by molar-refractivity contribution is 6.24. The Labute approximate surface area is 422 Å². The molecule has 0 saturated carbocycles. The maximum atomic E-state index is 5.36.